The van der Waals surface area contributed by atoms with Crippen LogP contribution in [0.2, 0.25) is 0 Å². The minimum atomic E-state index is -0.0226. The van der Waals surface area contributed by atoms with Crippen molar-refractivity contribution in [3.63, 3.8) is 0 Å². The second-order valence-corrected chi connectivity index (χ2v) is 6.66. The van der Waals surface area contributed by atoms with Crippen molar-refractivity contribution in [2.24, 2.45) is 5.92 Å². The molecule has 144 valence electrons. The lowest BCUT2D eigenvalue weighted by Gasteiger charge is -2.32. The molecule has 1 aliphatic heterocycles. The second kappa shape index (κ2) is 8.12. The van der Waals surface area contributed by atoms with Gasteiger partial charge in [0.05, 0.1) is 18.9 Å². The minimum absolute atomic E-state index is 0.0226. The fraction of sp³-hybridized carbons (Fsp3) is 0.368. The van der Waals surface area contributed by atoms with E-state index >= 15 is 0 Å². The number of pyridine rings is 1. The van der Waals surface area contributed by atoms with E-state index in [0.717, 1.165) is 19.4 Å². The van der Waals surface area contributed by atoms with E-state index in [0.29, 0.717) is 41.8 Å². The van der Waals surface area contributed by atoms with Crippen molar-refractivity contribution in [3.8, 4) is 17.4 Å². The topological polar surface area (TPSA) is 107 Å². The summed E-state index contributed by atoms with van der Waals surface area (Å²) in [6, 6.07) is 3.43. The van der Waals surface area contributed by atoms with Gasteiger partial charge in [0.25, 0.3) is 5.91 Å². The summed E-state index contributed by atoms with van der Waals surface area (Å²) in [6.45, 7) is 1.38. The fourth-order valence-corrected chi connectivity index (χ4v) is 3.33. The van der Waals surface area contributed by atoms with E-state index in [2.05, 4.69) is 25.1 Å². The molecule has 1 saturated heterocycles. The SMILES string of the molecule is COc1ccc(C(=O)N2CCCC(Cc3nc(-c4cnccn4)no3)C2)cn1. The molecular weight excluding hydrogens is 360 g/mol. The van der Waals surface area contributed by atoms with E-state index in [9.17, 15) is 4.79 Å². The largest absolute Gasteiger partial charge is 0.481 e. The predicted octanol–water partition coefficient (Wildman–Crippen LogP) is 2.03. The van der Waals surface area contributed by atoms with Crippen molar-refractivity contribution in [2.75, 3.05) is 20.2 Å². The first-order chi connectivity index (χ1) is 13.7. The van der Waals surface area contributed by atoms with Gasteiger partial charge in [0.2, 0.25) is 17.6 Å². The fourth-order valence-electron chi connectivity index (χ4n) is 3.33. The smallest absolute Gasteiger partial charge is 0.255 e. The van der Waals surface area contributed by atoms with Crippen LogP contribution in [0.25, 0.3) is 11.5 Å². The number of aromatic nitrogens is 5. The van der Waals surface area contributed by atoms with E-state index in [4.69, 9.17) is 9.26 Å². The maximum absolute atomic E-state index is 12.8. The Labute approximate surface area is 161 Å². The van der Waals surface area contributed by atoms with E-state index in [-0.39, 0.29) is 11.8 Å². The molecule has 0 bridgehead atoms. The molecule has 3 aromatic rings. The van der Waals surface area contributed by atoms with Crippen molar-refractivity contribution in [2.45, 2.75) is 19.3 Å². The standard InChI is InChI=1S/C19H20N6O3/c1-27-16-5-4-14(10-22-16)19(26)25-8-2-3-13(12-25)9-17-23-18(24-28-17)15-11-20-6-7-21-15/h4-7,10-11,13H,2-3,8-9,12H2,1H3. The number of amides is 1. The molecule has 0 radical (unpaired) electrons. The Morgan fingerprint density at radius 3 is 2.96 bits per heavy atom. The van der Waals surface area contributed by atoms with Gasteiger partial charge in [0.15, 0.2) is 0 Å². The van der Waals surface area contributed by atoms with Crippen molar-refractivity contribution in [1.82, 2.24) is 30.0 Å². The molecule has 9 nitrogen and oxygen atoms in total. The zero-order valence-electron chi connectivity index (χ0n) is 15.5. The number of rotatable bonds is 5. The molecule has 28 heavy (non-hydrogen) atoms. The maximum atomic E-state index is 12.8. The summed E-state index contributed by atoms with van der Waals surface area (Å²) in [7, 11) is 1.55. The van der Waals surface area contributed by atoms with Crippen molar-refractivity contribution < 1.29 is 14.1 Å². The summed E-state index contributed by atoms with van der Waals surface area (Å²) in [5.74, 6) is 1.70. The van der Waals surface area contributed by atoms with Gasteiger partial charge >= 0.3 is 0 Å². The zero-order valence-corrected chi connectivity index (χ0v) is 15.5. The highest BCUT2D eigenvalue weighted by molar-refractivity contribution is 5.94. The molecule has 0 aromatic carbocycles. The average molecular weight is 380 g/mol. The van der Waals surface area contributed by atoms with Gasteiger partial charge in [0, 0.05) is 44.2 Å². The van der Waals surface area contributed by atoms with Crippen LogP contribution in [-0.2, 0) is 6.42 Å². The molecule has 0 N–H and O–H groups in total. The Balaban J connectivity index is 1.40. The van der Waals surface area contributed by atoms with Gasteiger partial charge in [-0.25, -0.2) is 9.97 Å². The molecule has 9 heteroatoms. The molecule has 1 unspecified atom stereocenters. The number of nitrogens with zero attached hydrogens (tertiary/aromatic N) is 6. The molecule has 0 aliphatic carbocycles. The number of hydrogen-bond donors (Lipinski definition) is 0. The van der Waals surface area contributed by atoms with E-state index in [1.807, 2.05) is 4.90 Å². The number of ether oxygens (including phenoxy) is 1. The lowest BCUT2D eigenvalue weighted by atomic mass is 9.94. The molecular formula is C19H20N6O3. The second-order valence-electron chi connectivity index (χ2n) is 6.66. The van der Waals surface area contributed by atoms with E-state index in [1.54, 1.807) is 44.0 Å². The summed E-state index contributed by atoms with van der Waals surface area (Å²) in [5, 5.41) is 3.98. The van der Waals surface area contributed by atoms with Crippen LogP contribution in [0.5, 0.6) is 5.88 Å². The third kappa shape index (κ3) is 3.98. The lowest BCUT2D eigenvalue weighted by molar-refractivity contribution is 0.0667. The summed E-state index contributed by atoms with van der Waals surface area (Å²) >= 11 is 0. The first-order valence-electron chi connectivity index (χ1n) is 9.11. The van der Waals surface area contributed by atoms with Gasteiger partial charge in [-0.1, -0.05) is 5.16 Å². The lowest BCUT2D eigenvalue weighted by Crippen LogP contribution is -2.40. The monoisotopic (exact) mass is 380 g/mol. The Morgan fingerprint density at radius 1 is 1.29 bits per heavy atom. The van der Waals surface area contributed by atoms with Crippen LogP contribution in [-0.4, -0.2) is 56.1 Å². The number of piperidine rings is 1. The summed E-state index contributed by atoms with van der Waals surface area (Å²) < 4.78 is 10.4. The third-order valence-electron chi connectivity index (χ3n) is 4.72. The average Bonchev–Trinajstić information content (AvgIpc) is 3.22. The molecule has 0 saturated carbocycles. The van der Waals surface area contributed by atoms with Gasteiger partial charge in [-0.05, 0) is 24.8 Å². The predicted molar refractivity (Wildman–Crippen MR) is 98.4 cm³/mol. The van der Waals surface area contributed by atoms with Crippen molar-refractivity contribution in [1.29, 1.82) is 0 Å². The summed E-state index contributed by atoms with van der Waals surface area (Å²) in [5.41, 5.74) is 1.13. The van der Waals surface area contributed by atoms with Crippen LogP contribution in [0, 0.1) is 5.92 Å². The van der Waals surface area contributed by atoms with Gasteiger partial charge in [-0.2, -0.15) is 4.98 Å². The van der Waals surface area contributed by atoms with Crippen molar-refractivity contribution in [3.05, 3.63) is 48.4 Å². The Bertz CT molecular complexity index is 928. The molecule has 1 fully saturated rings. The minimum Gasteiger partial charge on any atom is -0.481 e. The molecule has 3 aromatic heterocycles. The highest BCUT2D eigenvalue weighted by atomic mass is 16.5. The van der Waals surface area contributed by atoms with Crippen LogP contribution in [0.1, 0.15) is 29.1 Å². The van der Waals surface area contributed by atoms with Crippen LogP contribution in [0.4, 0.5) is 0 Å². The van der Waals surface area contributed by atoms with Gasteiger partial charge in [0.1, 0.15) is 5.69 Å². The van der Waals surface area contributed by atoms with E-state index < -0.39 is 0 Å². The molecule has 4 heterocycles. The van der Waals surface area contributed by atoms with Gasteiger partial charge in [-0.15, -0.1) is 0 Å². The summed E-state index contributed by atoms with van der Waals surface area (Å²) in [6.07, 6.45) is 8.89. The maximum Gasteiger partial charge on any atom is 0.255 e. The number of likely N-dealkylation sites (tertiary alicyclic amines) is 1. The Morgan fingerprint density at radius 2 is 2.21 bits per heavy atom. The Kier molecular flexibility index (Phi) is 5.22. The normalized spacial score (nSPS) is 16.8. The van der Waals surface area contributed by atoms with Crippen molar-refractivity contribution >= 4 is 5.91 Å². The molecule has 4 rings (SSSR count). The highest BCUT2D eigenvalue weighted by Gasteiger charge is 2.26. The van der Waals surface area contributed by atoms with Gasteiger partial charge in [-0.3, -0.25) is 9.78 Å². The highest BCUT2D eigenvalue weighted by Crippen LogP contribution is 2.23. The summed E-state index contributed by atoms with van der Waals surface area (Å²) in [4.78, 5) is 31.3. The van der Waals surface area contributed by atoms with Crippen LogP contribution in [0.3, 0.4) is 0 Å². The van der Waals surface area contributed by atoms with Gasteiger partial charge < -0.3 is 14.2 Å². The number of hydrogen-bond acceptors (Lipinski definition) is 8. The number of methoxy groups -OCH3 is 1. The van der Waals surface area contributed by atoms with Crippen LogP contribution >= 0.6 is 0 Å². The first kappa shape index (κ1) is 18.0. The zero-order chi connectivity index (χ0) is 19.3. The van der Waals surface area contributed by atoms with Crippen LogP contribution in [0.15, 0.2) is 41.4 Å². The molecule has 0 spiro atoms. The number of carbonyl (C=O) groups excluding carboxylic acids is 1. The third-order valence-corrected chi connectivity index (χ3v) is 4.72. The number of carbonyl (C=O) groups is 1. The quantitative estimate of drug-likeness (QED) is 0.662. The van der Waals surface area contributed by atoms with Crippen LogP contribution < -0.4 is 4.74 Å². The molecule has 1 atom stereocenters. The molecule has 1 amide bonds. The first-order valence-corrected chi connectivity index (χ1v) is 9.11. The van der Waals surface area contributed by atoms with E-state index in [1.165, 1.54) is 0 Å². The molecule has 1 aliphatic rings. The Hall–Kier alpha value is -3.36.